The smallest absolute Gasteiger partial charge is 0.345 e. The molecular weight excluding hydrogens is 400 g/mol. The minimum Gasteiger partial charge on any atom is -0.477 e. The van der Waals surface area contributed by atoms with Crippen LogP contribution in [0.1, 0.15) is 60.0 Å². The molecule has 158 valence electrons. The van der Waals surface area contributed by atoms with E-state index in [1.807, 2.05) is 19.1 Å². The largest absolute Gasteiger partial charge is 0.477 e. The van der Waals surface area contributed by atoms with Crippen molar-refractivity contribution in [3.63, 3.8) is 0 Å². The monoisotopic (exact) mass is 430 g/mol. The van der Waals surface area contributed by atoms with Crippen LogP contribution in [0.5, 0.6) is 0 Å². The highest BCUT2D eigenvalue weighted by atomic mass is 35.5. The number of rotatable bonds is 11. The molecule has 0 saturated heterocycles. The van der Waals surface area contributed by atoms with Crippen molar-refractivity contribution >= 4 is 28.9 Å². The molecule has 0 bridgehead atoms. The molecule has 4 N–H and O–H groups in total. The van der Waals surface area contributed by atoms with E-state index in [0.717, 1.165) is 30.6 Å². The van der Waals surface area contributed by atoms with Crippen molar-refractivity contribution in [2.24, 2.45) is 11.8 Å². The van der Waals surface area contributed by atoms with Gasteiger partial charge in [0.2, 0.25) is 0 Å². The minimum absolute atomic E-state index is 0.111. The van der Waals surface area contributed by atoms with Crippen LogP contribution >= 0.6 is 22.9 Å². The molecule has 1 aliphatic rings. The second kappa shape index (κ2) is 11.3. The van der Waals surface area contributed by atoms with Gasteiger partial charge < -0.3 is 20.4 Å². The van der Waals surface area contributed by atoms with Crippen molar-refractivity contribution in [2.45, 2.75) is 75.6 Å². The Hall–Kier alpha value is -0.920. The van der Waals surface area contributed by atoms with Crippen molar-refractivity contribution in [2.75, 3.05) is 0 Å². The number of carboxylic acid groups (broad SMARTS) is 1. The third kappa shape index (κ3) is 6.85. The van der Waals surface area contributed by atoms with E-state index in [4.69, 9.17) is 16.7 Å². The number of thiophene rings is 1. The fourth-order valence-corrected chi connectivity index (χ4v) is 5.30. The Morgan fingerprint density at radius 1 is 1.39 bits per heavy atom. The Balaban J connectivity index is 1.88. The molecule has 1 unspecified atom stereocenters. The first-order valence-corrected chi connectivity index (χ1v) is 11.3. The number of aliphatic hydroxyl groups is 3. The lowest BCUT2D eigenvalue weighted by atomic mass is 9.89. The van der Waals surface area contributed by atoms with Gasteiger partial charge in [0, 0.05) is 22.6 Å². The van der Waals surface area contributed by atoms with E-state index in [2.05, 4.69) is 0 Å². The number of aryl methyl sites for hydroxylation is 1. The zero-order chi connectivity index (χ0) is 20.7. The van der Waals surface area contributed by atoms with Gasteiger partial charge in [-0.25, -0.2) is 4.79 Å². The van der Waals surface area contributed by atoms with E-state index in [1.54, 1.807) is 12.1 Å². The maximum Gasteiger partial charge on any atom is 0.345 e. The van der Waals surface area contributed by atoms with Gasteiger partial charge in [0.05, 0.1) is 18.3 Å². The first-order valence-electron chi connectivity index (χ1n) is 10.00. The van der Waals surface area contributed by atoms with E-state index in [0.29, 0.717) is 24.1 Å². The standard InChI is InChI=1S/C21H31ClO5S/c1-2-4-13(23)11-14(24)7-9-17-16(18(22)12-19(17)25)6-3-5-15-8-10-20(28-15)21(26)27/h7-10,13-14,16-19,23-25H,2-6,11-12H2,1H3,(H,26,27)/t13?,14-,16-,17-,18-,19-/m1/s1. The number of hydrogen-bond donors (Lipinski definition) is 4. The Kier molecular flexibility index (Phi) is 9.44. The van der Waals surface area contributed by atoms with Crippen molar-refractivity contribution in [3.8, 4) is 0 Å². The molecule has 28 heavy (non-hydrogen) atoms. The molecule has 5 nitrogen and oxygen atoms in total. The second-order valence-corrected chi connectivity index (χ2v) is 9.38. The van der Waals surface area contributed by atoms with Gasteiger partial charge in [-0.15, -0.1) is 22.9 Å². The lowest BCUT2D eigenvalue weighted by Crippen LogP contribution is -2.20. The van der Waals surface area contributed by atoms with Crippen LogP contribution in [0, 0.1) is 11.8 Å². The second-order valence-electron chi connectivity index (χ2n) is 7.65. The molecule has 0 amide bonds. The van der Waals surface area contributed by atoms with Crippen molar-refractivity contribution < 1.29 is 25.2 Å². The fraction of sp³-hybridized carbons (Fsp3) is 0.667. The minimum atomic E-state index is -0.899. The average molecular weight is 431 g/mol. The zero-order valence-corrected chi connectivity index (χ0v) is 17.8. The average Bonchev–Trinajstić information content (AvgIpc) is 3.19. The number of hydrogen-bond acceptors (Lipinski definition) is 5. The molecule has 2 rings (SSSR count). The van der Waals surface area contributed by atoms with Gasteiger partial charge in [0.25, 0.3) is 0 Å². The predicted octanol–water partition coefficient (Wildman–Crippen LogP) is 3.84. The Morgan fingerprint density at radius 3 is 2.79 bits per heavy atom. The van der Waals surface area contributed by atoms with Gasteiger partial charge in [-0.05, 0) is 50.2 Å². The first-order chi connectivity index (χ1) is 13.3. The third-order valence-corrected chi connectivity index (χ3v) is 7.03. The van der Waals surface area contributed by atoms with Crippen LogP contribution < -0.4 is 0 Å². The number of carbonyl (C=O) groups is 1. The van der Waals surface area contributed by atoms with Crippen LogP contribution in [0.3, 0.4) is 0 Å². The molecule has 0 aliphatic heterocycles. The van der Waals surface area contributed by atoms with Crippen LogP contribution in [0.25, 0.3) is 0 Å². The molecular formula is C21H31ClO5S. The summed E-state index contributed by atoms with van der Waals surface area (Å²) in [6.45, 7) is 1.99. The summed E-state index contributed by atoms with van der Waals surface area (Å²) in [6.07, 6.45) is 6.58. The van der Waals surface area contributed by atoms with Crippen LogP contribution in [-0.4, -0.2) is 50.1 Å². The summed E-state index contributed by atoms with van der Waals surface area (Å²) in [5.74, 6) is -0.901. The zero-order valence-electron chi connectivity index (χ0n) is 16.2. The van der Waals surface area contributed by atoms with Crippen molar-refractivity contribution in [1.82, 2.24) is 0 Å². The summed E-state index contributed by atoms with van der Waals surface area (Å²) in [4.78, 5) is 12.4. The number of halogens is 1. The van der Waals surface area contributed by atoms with Crippen LogP contribution in [-0.2, 0) is 6.42 Å². The molecule has 1 heterocycles. The summed E-state index contributed by atoms with van der Waals surface area (Å²) in [5.41, 5.74) is 0. The highest BCUT2D eigenvalue weighted by Crippen LogP contribution is 2.40. The summed E-state index contributed by atoms with van der Waals surface area (Å²) < 4.78 is 0. The number of carboxylic acids is 1. The van der Waals surface area contributed by atoms with Gasteiger partial charge in [0.1, 0.15) is 4.88 Å². The van der Waals surface area contributed by atoms with Gasteiger partial charge in [-0.1, -0.05) is 25.5 Å². The molecule has 0 aromatic carbocycles. The van der Waals surface area contributed by atoms with E-state index >= 15 is 0 Å². The molecule has 0 radical (unpaired) electrons. The molecule has 1 aromatic rings. The highest BCUT2D eigenvalue weighted by Gasteiger charge is 2.39. The topological polar surface area (TPSA) is 98.0 Å². The summed E-state index contributed by atoms with van der Waals surface area (Å²) in [6, 6.07) is 3.48. The summed E-state index contributed by atoms with van der Waals surface area (Å²) in [7, 11) is 0. The number of alkyl halides is 1. The van der Waals surface area contributed by atoms with Gasteiger partial charge in [-0.2, -0.15) is 0 Å². The normalized spacial score (nSPS) is 27.3. The highest BCUT2D eigenvalue weighted by molar-refractivity contribution is 7.13. The summed E-state index contributed by atoms with van der Waals surface area (Å²) in [5, 5.41) is 39.2. The molecule has 1 saturated carbocycles. The molecule has 1 fully saturated rings. The Bertz CT molecular complexity index is 646. The van der Waals surface area contributed by atoms with Crippen LogP contribution in [0.4, 0.5) is 0 Å². The first kappa shape index (κ1) is 23.4. The SMILES string of the molecule is CCCC(O)C[C@H](O)C=C[C@@H]1[C@@H](CCCc2ccc(C(=O)O)s2)[C@H](Cl)C[C@H]1O. The van der Waals surface area contributed by atoms with Gasteiger partial charge in [-0.3, -0.25) is 0 Å². The number of aromatic carboxylic acids is 1. The van der Waals surface area contributed by atoms with E-state index < -0.39 is 24.3 Å². The van der Waals surface area contributed by atoms with Gasteiger partial charge in [0.15, 0.2) is 0 Å². The van der Waals surface area contributed by atoms with Crippen molar-refractivity contribution in [1.29, 1.82) is 0 Å². The molecule has 1 aliphatic carbocycles. The Morgan fingerprint density at radius 2 is 2.14 bits per heavy atom. The maximum atomic E-state index is 11.0. The molecule has 0 spiro atoms. The molecule has 6 atom stereocenters. The summed E-state index contributed by atoms with van der Waals surface area (Å²) >= 11 is 7.76. The molecule has 1 aromatic heterocycles. The predicted molar refractivity (Wildman–Crippen MR) is 112 cm³/mol. The maximum absolute atomic E-state index is 11.0. The third-order valence-electron chi connectivity index (χ3n) is 5.39. The Labute approximate surface area is 175 Å². The molecule has 7 heteroatoms. The van der Waals surface area contributed by atoms with Crippen LogP contribution in [0.2, 0.25) is 0 Å². The van der Waals surface area contributed by atoms with Crippen LogP contribution in [0.15, 0.2) is 24.3 Å². The van der Waals surface area contributed by atoms with E-state index in [-0.39, 0.29) is 17.2 Å². The number of aliphatic hydroxyl groups excluding tert-OH is 3. The quantitative estimate of drug-likeness (QED) is 0.316. The lowest BCUT2D eigenvalue weighted by molar-refractivity contribution is 0.0702. The fourth-order valence-electron chi connectivity index (χ4n) is 3.94. The van der Waals surface area contributed by atoms with E-state index in [1.165, 1.54) is 11.3 Å². The van der Waals surface area contributed by atoms with E-state index in [9.17, 15) is 20.1 Å². The van der Waals surface area contributed by atoms with Gasteiger partial charge >= 0.3 is 5.97 Å². The van der Waals surface area contributed by atoms with Crippen molar-refractivity contribution in [3.05, 3.63) is 34.0 Å². The lowest BCUT2D eigenvalue weighted by Gasteiger charge is -2.21.